The Morgan fingerprint density at radius 1 is 1.39 bits per heavy atom. The second-order valence-electron chi connectivity index (χ2n) is 4.88. The predicted octanol–water partition coefficient (Wildman–Crippen LogP) is 3.90. The van der Waals surface area contributed by atoms with Gasteiger partial charge in [-0.1, -0.05) is 13.0 Å². The van der Waals surface area contributed by atoms with E-state index in [0.29, 0.717) is 16.9 Å². The number of thioether (sulfide) groups is 1. The summed E-state index contributed by atoms with van der Waals surface area (Å²) in [6.45, 7) is 4.14. The minimum atomic E-state index is -0.523. The molecule has 1 nitrogen and oxygen atoms in total. The quantitative estimate of drug-likeness (QED) is 0.895. The minimum absolute atomic E-state index is 0.0863. The first-order valence-corrected chi connectivity index (χ1v) is 7.45. The molecule has 2 rings (SSSR count). The van der Waals surface area contributed by atoms with Gasteiger partial charge < -0.3 is 5.32 Å². The van der Waals surface area contributed by atoms with Gasteiger partial charge in [0.2, 0.25) is 0 Å². The first-order chi connectivity index (χ1) is 8.58. The standard InChI is InChI=1S/C14H19F2NS/c1-9(12-6-5-11(15)8-13(12)16)17-14-4-3-7-18-10(14)2/h5-6,8-10,14,17H,3-4,7H2,1-2H3. The highest BCUT2D eigenvalue weighted by Crippen LogP contribution is 2.27. The van der Waals surface area contributed by atoms with E-state index in [-0.39, 0.29) is 6.04 Å². The second-order valence-corrected chi connectivity index (χ2v) is 6.36. The highest BCUT2D eigenvalue weighted by atomic mass is 32.2. The Morgan fingerprint density at radius 2 is 2.17 bits per heavy atom. The maximum Gasteiger partial charge on any atom is 0.130 e. The van der Waals surface area contributed by atoms with Gasteiger partial charge in [0.1, 0.15) is 11.6 Å². The van der Waals surface area contributed by atoms with Crippen LogP contribution in [-0.4, -0.2) is 17.0 Å². The smallest absolute Gasteiger partial charge is 0.130 e. The van der Waals surface area contributed by atoms with Crippen LogP contribution in [0.2, 0.25) is 0 Å². The van der Waals surface area contributed by atoms with Crippen LogP contribution in [0.1, 0.15) is 38.3 Å². The van der Waals surface area contributed by atoms with Crippen LogP contribution in [0.5, 0.6) is 0 Å². The Hall–Kier alpha value is -0.610. The molecular weight excluding hydrogens is 252 g/mol. The molecule has 1 N–H and O–H groups in total. The van der Waals surface area contributed by atoms with Crippen molar-refractivity contribution in [3.63, 3.8) is 0 Å². The van der Waals surface area contributed by atoms with Gasteiger partial charge in [0.15, 0.2) is 0 Å². The molecule has 1 aliphatic rings. The van der Waals surface area contributed by atoms with Crippen molar-refractivity contribution < 1.29 is 8.78 Å². The molecular formula is C14H19F2NS. The van der Waals surface area contributed by atoms with E-state index < -0.39 is 11.6 Å². The zero-order valence-electron chi connectivity index (χ0n) is 10.7. The molecule has 4 heteroatoms. The summed E-state index contributed by atoms with van der Waals surface area (Å²) >= 11 is 1.95. The monoisotopic (exact) mass is 271 g/mol. The van der Waals surface area contributed by atoms with Crippen molar-refractivity contribution in [2.45, 2.75) is 44.0 Å². The molecule has 1 aromatic rings. The van der Waals surface area contributed by atoms with Gasteiger partial charge in [-0.05, 0) is 31.6 Å². The van der Waals surface area contributed by atoms with Crippen molar-refractivity contribution in [3.8, 4) is 0 Å². The first kappa shape index (κ1) is 13.8. The van der Waals surface area contributed by atoms with Crippen LogP contribution in [0.4, 0.5) is 8.78 Å². The second kappa shape index (κ2) is 6.02. The number of hydrogen-bond donors (Lipinski definition) is 1. The van der Waals surface area contributed by atoms with E-state index in [1.165, 1.54) is 24.3 Å². The van der Waals surface area contributed by atoms with Crippen LogP contribution >= 0.6 is 11.8 Å². The van der Waals surface area contributed by atoms with Gasteiger partial charge in [0.25, 0.3) is 0 Å². The van der Waals surface area contributed by atoms with Crippen molar-refractivity contribution in [2.24, 2.45) is 0 Å². The minimum Gasteiger partial charge on any atom is -0.306 e. The number of benzene rings is 1. The molecule has 1 fully saturated rings. The fourth-order valence-electron chi connectivity index (χ4n) is 2.41. The third kappa shape index (κ3) is 3.23. The molecule has 1 aromatic carbocycles. The van der Waals surface area contributed by atoms with E-state index >= 15 is 0 Å². The highest BCUT2D eigenvalue weighted by molar-refractivity contribution is 7.99. The number of rotatable bonds is 3. The van der Waals surface area contributed by atoms with Crippen molar-refractivity contribution in [1.82, 2.24) is 5.32 Å². The van der Waals surface area contributed by atoms with E-state index in [2.05, 4.69) is 12.2 Å². The van der Waals surface area contributed by atoms with Crippen molar-refractivity contribution in [1.29, 1.82) is 0 Å². The molecule has 3 atom stereocenters. The Morgan fingerprint density at radius 3 is 2.83 bits per heavy atom. The lowest BCUT2D eigenvalue weighted by Crippen LogP contribution is -2.40. The van der Waals surface area contributed by atoms with Crippen molar-refractivity contribution in [3.05, 3.63) is 35.4 Å². The molecule has 0 saturated carbocycles. The maximum atomic E-state index is 13.7. The predicted molar refractivity (Wildman–Crippen MR) is 72.9 cm³/mol. The van der Waals surface area contributed by atoms with Crippen LogP contribution < -0.4 is 5.32 Å². The molecule has 100 valence electrons. The van der Waals surface area contributed by atoms with Gasteiger partial charge in [0, 0.05) is 29.0 Å². The average molecular weight is 271 g/mol. The third-order valence-corrected chi connectivity index (χ3v) is 4.88. The Kier molecular flexibility index (Phi) is 4.62. The van der Waals surface area contributed by atoms with Gasteiger partial charge in [-0.15, -0.1) is 0 Å². The Balaban J connectivity index is 2.04. The summed E-state index contributed by atoms with van der Waals surface area (Å²) in [6, 6.07) is 4.12. The van der Waals surface area contributed by atoms with Gasteiger partial charge in [-0.2, -0.15) is 11.8 Å². The molecule has 1 heterocycles. The van der Waals surface area contributed by atoms with Crippen LogP contribution in [0, 0.1) is 11.6 Å². The zero-order chi connectivity index (χ0) is 13.1. The Labute approximate surface area is 111 Å². The summed E-state index contributed by atoms with van der Waals surface area (Å²) in [6.07, 6.45) is 2.33. The fraction of sp³-hybridized carbons (Fsp3) is 0.571. The van der Waals surface area contributed by atoms with Gasteiger partial charge in [-0.3, -0.25) is 0 Å². The lowest BCUT2D eigenvalue weighted by Gasteiger charge is -2.32. The fourth-order valence-corrected chi connectivity index (χ4v) is 3.56. The lowest BCUT2D eigenvalue weighted by atomic mass is 10.0. The third-order valence-electron chi connectivity index (χ3n) is 3.50. The molecule has 1 saturated heterocycles. The van der Waals surface area contributed by atoms with E-state index in [4.69, 9.17) is 0 Å². The number of nitrogens with one attached hydrogen (secondary N) is 1. The summed E-state index contributed by atoms with van der Waals surface area (Å²) in [7, 11) is 0. The largest absolute Gasteiger partial charge is 0.306 e. The van der Waals surface area contributed by atoms with E-state index in [0.717, 1.165) is 12.5 Å². The molecule has 0 aliphatic carbocycles. The highest BCUT2D eigenvalue weighted by Gasteiger charge is 2.24. The van der Waals surface area contributed by atoms with Gasteiger partial charge in [0.05, 0.1) is 0 Å². The first-order valence-electron chi connectivity index (χ1n) is 6.40. The SMILES string of the molecule is CC(NC1CCCSC1C)c1ccc(F)cc1F. The number of hydrogen-bond acceptors (Lipinski definition) is 2. The topological polar surface area (TPSA) is 12.0 Å². The molecule has 18 heavy (non-hydrogen) atoms. The van der Waals surface area contributed by atoms with Gasteiger partial charge >= 0.3 is 0 Å². The van der Waals surface area contributed by atoms with Crippen LogP contribution in [0.15, 0.2) is 18.2 Å². The summed E-state index contributed by atoms with van der Waals surface area (Å²) in [4.78, 5) is 0. The molecule has 0 bridgehead atoms. The molecule has 0 aromatic heterocycles. The van der Waals surface area contributed by atoms with Crippen LogP contribution in [0.3, 0.4) is 0 Å². The lowest BCUT2D eigenvalue weighted by molar-refractivity contribution is 0.408. The molecule has 1 aliphatic heterocycles. The summed E-state index contributed by atoms with van der Waals surface area (Å²) in [5.41, 5.74) is 0.541. The summed E-state index contributed by atoms with van der Waals surface area (Å²) < 4.78 is 26.5. The van der Waals surface area contributed by atoms with E-state index in [9.17, 15) is 8.78 Å². The van der Waals surface area contributed by atoms with Crippen molar-refractivity contribution >= 4 is 11.8 Å². The average Bonchev–Trinajstić information content (AvgIpc) is 2.32. The van der Waals surface area contributed by atoms with Crippen LogP contribution in [-0.2, 0) is 0 Å². The maximum absolute atomic E-state index is 13.7. The molecule has 0 amide bonds. The Bertz CT molecular complexity index is 411. The molecule has 3 unspecified atom stereocenters. The van der Waals surface area contributed by atoms with Crippen LogP contribution in [0.25, 0.3) is 0 Å². The molecule has 0 radical (unpaired) electrons. The molecule has 0 spiro atoms. The number of halogens is 2. The van der Waals surface area contributed by atoms with E-state index in [1.54, 1.807) is 0 Å². The zero-order valence-corrected chi connectivity index (χ0v) is 11.6. The van der Waals surface area contributed by atoms with Crippen molar-refractivity contribution in [2.75, 3.05) is 5.75 Å². The summed E-state index contributed by atoms with van der Waals surface area (Å²) in [5.74, 6) is 0.217. The van der Waals surface area contributed by atoms with Gasteiger partial charge in [-0.25, -0.2) is 8.78 Å². The summed E-state index contributed by atoms with van der Waals surface area (Å²) in [5, 5.41) is 4.01. The van der Waals surface area contributed by atoms with E-state index in [1.807, 2.05) is 18.7 Å². The normalized spacial score (nSPS) is 26.0.